The number of nitrogens with zero attached hydrogens (tertiary/aromatic N) is 4. The molecule has 0 bridgehead atoms. The van der Waals surface area contributed by atoms with Gasteiger partial charge in [-0.25, -0.2) is 9.78 Å². The summed E-state index contributed by atoms with van der Waals surface area (Å²) >= 11 is 0. The number of anilines is 3. The standard InChI is InChI=1S/C20H28N6O/c1-15-13-21-10-8-18(15)24-20(27)26-11-4-5-16(9-12-26)23-17-6-7-19(22-14-17)25(2)3/h6-8,10,13-14,16,23H,4-5,9,11-12H2,1-3H3,(H,21,24,27)/t16-/m0/s1. The molecule has 0 aromatic carbocycles. The Bertz CT molecular complexity index is 761. The van der Waals surface area contributed by atoms with Gasteiger partial charge in [0.15, 0.2) is 0 Å². The lowest BCUT2D eigenvalue weighted by molar-refractivity contribution is 0.213. The van der Waals surface area contributed by atoms with E-state index in [4.69, 9.17) is 0 Å². The van der Waals surface area contributed by atoms with Gasteiger partial charge in [-0.15, -0.1) is 0 Å². The lowest BCUT2D eigenvalue weighted by Crippen LogP contribution is -2.36. The predicted octanol–water partition coefficient (Wildman–Crippen LogP) is 3.35. The number of urea groups is 1. The highest BCUT2D eigenvalue weighted by Gasteiger charge is 2.21. The lowest BCUT2D eigenvalue weighted by atomic mass is 10.1. The van der Waals surface area contributed by atoms with E-state index >= 15 is 0 Å². The second kappa shape index (κ2) is 8.70. The number of likely N-dealkylation sites (tertiary alicyclic amines) is 1. The molecule has 0 spiro atoms. The molecule has 1 fully saturated rings. The number of carbonyl (C=O) groups is 1. The third-order valence-electron chi connectivity index (χ3n) is 4.85. The molecule has 7 heteroatoms. The Balaban J connectivity index is 1.54. The number of aromatic nitrogens is 2. The summed E-state index contributed by atoms with van der Waals surface area (Å²) in [6.45, 7) is 3.45. The van der Waals surface area contributed by atoms with Crippen molar-refractivity contribution in [3.05, 3.63) is 42.4 Å². The summed E-state index contributed by atoms with van der Waals surface area (Å²) in [5.41, 5.74) is 2.81. The van der Waals surface area contributed by atoms with E-state index in [-0.39, 0.29) is 6.03 Å². The van der Waals surface area contributed by atoms with Crippen LogP contribution in [0.1, 0.15) is 24.8 Å². The molecule has 3 rings (SSSR count). The molecule has 1 saturated heterocycles. The van der Waals surface area contributed by atoms with Crippen LogP contribution in [-0.4, -0.2) is 54.1 Å². The fourth-order valence-electron chi connectivity index (χ4n) is 3.22. The van der Waals surface area contributed by atoms with Crippen LogP contribution in [-0.2, 0) is 0 Å². The molecule has 3 heterocycles. The second-order valence-electron chi connectivity index (χ2n) is 7.18. The van der Waals surface area contributed by atoms with Gasteiger partial charge >= 0.3 is 6.03 Å². The number of carbonyl (C=O) groups excluding carboxylic acids is 1. The molecule has 27 heavy (non-hydrogen) atoms. The molecule has 7 nitrogen and oxygen atoms in total. The maximum atomic E-state index is 12.6. The summed E-state index contributed by atoms with van der Waals surface area (Å²) in [6, 6.07) is 6.21. The zero-order chi connectivity index (χ0) is 19.2. The van der Waals surface area contributed by atoms with Crippen LogP contribution in [0.2, 0.25) is 0 Å². The summed E-state index contributed by atoms with van der Waals surface area (Å²) in [4.78, 5) is 25.0. The molecular formula is C20H28N6O. The van der Waals surface area contributed by atoms with Crippen LogP contribution >= 0.6 is 0 Å². The Kier molecular flexibility index (Phi) is 6.11. The molecule has 2 aromatic rings. The molecule has 0 saturated carbocycles. The fourth-order valence-corrected chi connectivity index (χ4v) is 3.22. The molecule has 2 N–H and O–H groups in total. The summed E-state index contributed by atoms with van der Waals surface area (Å²) in [6.07, 6.45) is 8.25. The molecule has 2 aromatic heterocycles. The van der Waals surface area contributed by atoms with Crippen molar-refractivity contribution < 1.29 is 4.79 Å². The first-order chi connectivity index (χ1) is 13.0. The first-order valence-corrected chi connectivity index (χ1v) is 9.39. The third kappa shape index (κ3) is 5.09. The zero-order valence-electron chi connectivity index (χ0n) is 16.3. The molecule has 0 radical (unpaired) electrons. The Labute approximate surface area is 160 Å². The van der Waals surface area contributed by atoms with Crippen molar-refractivity contribution in [1.29, 1.82) is 0 Å². The first kappa shape index (κ1) is 18.9. The van der Waals surface area contributed by atoms with E-state index in [1.807, 2.05) is 49.1 Å². The molecule has 0 aliphatic carbocycles. The van der Waals surface area contributed by atoms with Crippen LogP contribution < -0.4 is 15.5 Å². The van der Waals surface area contributed by atoms with E-state index in [1.54, 1.807) is 12.4 Å². The van der Waals surface area contributed by atoms with Gasteiger partial charge in [0.05, 0.1) is 11.9 Å². The summed E-state index contributed by atoms with van der Waals surface area (Å²) in [7, 11) is 3.96. The minimum absolute atomic E-state index is 0.0399. The lowest BCUT2D eigenvalue weighted by Gasteiger charge is -2.22. The van der Waals surface area contributed by atoms with E-state index in [0.717, 1.165) is 55.1 Å². The Morgan fingerprint density at radius 1 is 1.19 bits per heavy atom. The van der Waals surface area contributed by atoms with Gasteiger partial charge < -0.3 is 20.4 Å². The highest BCUT2D eigenvalue weighted by Crippen LogP contribution is 2.19. The van der Waals surface area contributed by atoms with Gasteiger partial charge in [-0.2, -0.15) is 0 Å². The van der Waals surface area contributed by atoms with Gasteiger partial charge in [0.25, 0.3) is 0 Å². The molecule has 1 aliphatic heterocycles. The van der Waals surface area contributed by atoms with Crippen molar-refractivity contribution in [2.24, 2.45) is 0 Å². The number of hydrogen-bond donors (Lipinski definition) is 2. The summed E-state index contributed by atoms with van der Waals surface area (Å²) in [5, 5.41) is 6.56. The summed E-state index contributed by atoms with van der Waals surface area (Å²) < 4.78 is 0. The van der Waals surface area contributed by atoms with Gasteiger partial charge in [-0.05, 0) is 49.9 Å². The zero-order valence-corrected chi connectivity index (χ0v) is 16.3. The van der Waals surface area contributed by atoms with Gasteiger partial charge in [-0.3, -0.25) is 4.98 Å². The van der Waals surface area contributed by atoms with Gasteiger partial charge in [0.1, 0.15) is 5.82 Å². The highest BCUT2D eigenvalue weighted by atomic mass is 16.2. The number of pyridine rings is 2. The normalized spacial score (nSPS) is 17.1. The van der Waals surface area contributed by atoms with E-state index in [2.05, 4.69) is 26.7 Å². The van der Waals surface area contributed by atoms with E-state index in [0.29, 0.717) is 6.04 Å². The van der Waals surface area contributed by atoms with Gasteiger partial charge in [0, 0.05) is 51.3 Å². The van der Waals surface area contributed by atoms with E-state index in [1.165, 1.54) is 0 Å². The van der Waals surface area contributed by atoms with Crippen molar-refractivity contribution in [2.75, 3.05) is 42.7 Å². The maximum absolute atomic E-state index is 12.6. The van der Waals surface area contributed by atoms with Crippen LogP contribution in [0.15, 0.2) is 36.8 Å². The van der Waals surface area contributed by atoms with E-state index < -0.39 is 0 Å². The SMILES string of the molecule is Cc1cnccc1NC(=O)N1CCC[C@H](Nc2ccc(N(C)C)nc2)CC1. The number of rotatable bonds is 4. The van der Waals surface area contributed by atoms with Crippen LogP contribution in [0.4, 0.5) is 22.0 Å². The Morgan fingerprint density at radius 2 is 2.04 bits per heavy atom. The van der Waals surface area contributed by atoms with Crippen molar-refractivity contribution in [3.63, 3.8) is 0 Å². The summed E-state index contributed by atoms with van der Waals surface area (Å²) in [5.74, 6) is 0.940. The minimum Gasteiger partial charge on any atom is -0.381 e. The molecular weight excluding hydrogens is 340 g/mol. The molecule has 1 aliphatic rings. The van der Waals surface area contributed by atoms with Gasteiger partial charge in [-0.1, -0.05) is 0 Å². The fraction of sp³-hybridized carbons (Fsp3) is 0.450. The van der Waals surface area contributed by atoms with Crippen LogP contribution in [0.25, 0.3) is 0 Å². The first-order valence-electron chi connectivity index (χ1n) is 9.39. The smallest absolute Gasteiger partial charge is 0.321 e. The number of amides is 2. The minimum atomic E-state index is -0.0399. The number of aryl methyl sites for hydroxylation is 1. The predicted molar refractivity (Wildman–Crippen MR) is 109 cm³/mol. The quantitative estimate of drug-likeness (QED) is 0.866. The topological polar surface area (TPSA) is 73.4 Å². The van der Waals surface area contributed by atoms with Crippen molar-refractivity contribution in [2.45, 2.75) is 32.2 Å². The van der Waals surface area contributed by atoms with Crippen molar-refractivity contribution in [3.8, 4) is 0 Å². The third-order valence-corrected chi connectivity index (χ3v) is 4.85. The number of hydrogen-bond acceptors (Lipinski definition) is 5. The second-order valence-corrected chi connectivity index (χ2v) is 7.18. The van der Waals surface area contributed by atoms with Crippen LogP contribution in [0.5, 0.6) is 0 Å². The number of nitrogens with one attached hydrogen (secondary N) is 2. The van der Waals surface area contributed by atoms with Crippen LogP contribution in [0, 0.1) is 6.92 Å². The Hall–Kier alpha value is -2.83. The maximum Gasteiger partial charge on any atom is 0.321 e. The van der Waals surface area contributed by atoms with Gasteiger partial charge in [0.2, 0.25) is 0 Å². The van der Waals surface area contributed by atoms with Crippen molar-refractivity contribution >= 4 is 23.2 Å². The molecule has 2 amide bonds. The average Bonchev–Trinajstić information content (AvgIpc) is 2.90. The van der Waals surface area contributed by atoms with Crippen molar-refractivity contribution in [1.82, 2.24) is 14.9 Å². The Morgan fingerprint density at radius 3 is 2.74 bits per heavy atom. The van der Waals surface area contributed by atoms with Crippen LogP contribution in [0.3, 0.4) is 0 Å². The molecule has 1 atom stereocenters. The monoisotopic (exact) mass is 368 g/mol. The van der Waals surface area contributed by atoms with E-state index in [9.17, 15) is 4.79 Å². The molecule has 144 valence electrons. The molecule has 0 unspecified atom stereocenters. The largest absolute Gasteiger partial charge is 0.381 e. The highest BCUT2D eigenvalue weighted by molar-refractivity contribution is 5.90. The average molecular weight is 368 g/mol.